The summed E-state index contributed by atoms with van der Waals surface area (Å²) in [6.07, 6.45) is 1.18. The smallest absolute Gasteiger partial charge is 0.221 e. The molecule has 2 heterocycles. The molecular formula is C22H22FN3O. The molecular weight excluding hydrogens is 341 g/mol. The number of amides is 1. The number of carbonyl (C=O) groups is 1. The summed E-state index contributed by atoms with van der Waals surface area (Å²) in [6.45, 7) is 4.97. The van der Waals surface area contributed by atoms with Crippen LogP contribution < -0.4 is 11.1 Å². The van der Waals surface area contributed by atoms with Crippen LogP contribution in [0.15, 0.2) is 24.3 Å². The van der Waals surface area contributed by atoms with E-state index in [9.17, 15) is 4.79 Å². The number of hydrogen-bond donors (Lipinski definition) is 3. The minimum Gasteiger partial charge on any atom is -0.384 e. The minimum absolute atomic E-state index is 0.0201. The highest BCUT2D eigenvalue weighted by atomic mass is 19.1. The first-order chi connectivity index (χ1) is 13.0. The summed E-state index contributed by atoms with van der Waals surface area (Å²) in [4.78, 5) is 14.8. The van der Waals surface area contributed by atoms with Gasteiger partial charge in [-0.15, -0.1) is 0 Å². The molecule has 1 aliphatic heterocycles. The maximum absolute atomic E-state index is 15.4. The third-order valence-corrected chi connectivity index (χ3v) is 6.20. The number of anilines is 1. The lowest BCUT2D eigenvalue weighted by atomic mass is 9.88. The Morgan fingerprint density at radius 3 is 2.93 bits per heavy atom. The molecule has 0 spiro atoms. The number of rotatable bonds is 3. The molecule has 0 bridgehead atoms. The maximum Gasteiger partial charge on any atom is 0.221 e. The number of benzene rings is 2. The highest BCUT2D eigenvalue weighted by molar-refractivity contribution is 6.03. The Balaban J connectivity index is 1.83. The number of aryl methyl sites for hydroxylation is 2. The molecule has 0 saturated heterocycles. The van der Waals surface area contributed by atoms with Gasteiger partial charge in [0.2, 0.25) is 5.91 Å². The van der Waals surface area contributed by atoms with Crippen molar-refractivity contribution in [2.45, 2.75) is 32.6 Å². The molecule has 5 rings (SSSR count). The van der Waals surface area contributed by atoms with Crippen LogP contribution in [0.3, 0.4) is 0 Å². The van der Waals surface area contributed by atoms with Crippen molar-refractivity contribution in [2.24, 2.45) is 11.7 Å². The number of aromatic amines is 1. The molecule has 0 radical (unpaired) electrons. The van der Waals surface area contributed by atoms with Gasteiger partial charge in [-0.3, -0.25) is 4.79 Å². The molecule has 2 aliphatic rings. The van der Waals surface area contributed by atoms with Crippen molar-refractivity contribution < 1.29 is 9.18 Å². The monoisotopic (exact) mass is 363 g/mol. The molecule has 1 amide bonds. The highest BCUT2D eigenvalue weighted by Crippen LogP contribution is 2.56. The first-order valence-electron chi connectivity index (χ1n) is 9.41. The molecule has 2 aromatic carbocycles. The van der Waals surface area contributed by atoms with Crippen molar-refractivity contribution in [3.63, 3.8) is 0 Å². The van der Waals surface area contributed by atoms with Gasteiger partial charge in [-0.25, -0.2) is 4.39 Å². The van der Waals surface area contributed by atoms with Gasteiger partial charge in [0.25, 0.3) is 0 Å². The highest BCUT2D eigenvalue weighted by Gasteiger charge is 2.44. The van der Waals surface area contributed by atoms with E-state index in [1.165, 1.54) is 11.6 Å². The molecule has 1 saturated carbocycles. The number of carbonyl (C=O) groups excluding carboxylic acids is 1. The van der Waals surface area contributed by atoms with Gasteiger partial charge in [-0.05, 0) is 66.5 Å². The predicted octanol–water partition coefficient (Wildman–Crippen LogP) is 4.15. The SMILES string of the molecule is Cc1[nH]c2c(CC(N)=O)cc(F)c(-c3cccc4c3[C@H]3C[C@H]3CN4)c2c1C. The average Bonchev–Trinajstić information content (AvgIpc) is 3.36. The van der Waals surface area contributed by atoms with Crippen LogP contribution >= 0.6 is 0 Å². The number of fused-ring (bicyclic) bond motifs is 4. The molecule has 2 atom stereocenters. The molecule has 1 aliphatic carbocycles. The number of nitrogens with one attached hydrogen (secondary N) is 2. The zero-order chi connectivity index (χ0) is 18.9. The van der Waals surface area contributed by atoms with Crippen molar-refractivity contribution in [1.29, 1.82) is 0 Å². The van der Waals surface area contributed by atoms with Crippen LogP contribution in [0.2, 0.25) is 0 Å². The Hall–Kier alpha value is -2.82. The van der Waals surface area contributed by atoms with Gasteiger partial charge < -0.3 is 16.0 Å². The third kappa shape index (κ3) is 2.37. The number of primary amides is 1. The lowest BCUT2D eigenvalue weighted by molar-refractivity contribution is -0.117. The van der Waals surface area contributed by atoms with Gasteiger partial charge in [0.05, 0.1) is 11.9 Å². The maximum atomic E-state index is 15.4. The van der Waals surface area contributed by atoms with E-state index in [0.29, 0.717) is 23.0 Å². The summed E-state index contributed by atoms with van der Waals surface area (Å²) in [5.74, 6) is 0.408. The summed E-state index contributed by atoms with van der Waals surface area (Å²) in [5, 5.41) is 4.36. The van der Waals surface area contributed by atoms with Crippen molar-refractivity contribution in [2.75, 3.05) is 11.9 Å². The summed E-state index contributed by atoms with van der Waals surface area (Å²) in [6, 6.07) is 7.56. The first-order valence-corrected chi connectivity index (χ1v) is 9.41. The van der Waals surface area contributed by atoms with Crippen LogP contribution in [0.1, 0.15) is 34.7 Å². The summed E-state index contributed by atoms with van der Waals surface area (Å²) in [7, 11) is 0. The fourth-order valence-corrected chi connectivity index (χ4v) is 4.68. The normalized spacial score (nSPS) is 20.1. The molecule has 4 nitrogen and oxygen atoms in total. The Morgan fingerprint density at radius 2 is 2.15 bits per heavy atom. The molecule has 138 valence electrons. The van der Waals surface area contributed by atoms with E-state index in [2.05, 4.69) is 16.4 Å². The van der Waals surface area contributed by atoms with Crippen molar-refractivity contribution in [3.8, 4) is 11.1 Å². The summed E-state index contributed by atoms with van der Waals surface area (Å²) in [5.41, 5.74) is 12.8. The van der Waals surface area contributed by atoms with Gasteiger partial charge >= 0.3 is 0 Å². The average molecular weight is 363 g/mol. The van der Waals surface area contributed by atoms with Gasteiger partial charge in [0.15, 0.2) is 0 Å². The van der Waals surface area contributed by atoms with E-state index in [1.807, 2.05) is 26.0 Å². The zero-order valence-electron chi connectivity index (χ0n) is 15.4. The van der Waals surface area contributed by atoms with E-state index < -0.39 is 5.91 Å². The van der Waals surface area contributed by atoms with Crippen molar-refractivity contribution >= 4 is 22.5 Å². The second-order valence-electron chi connectivity index (χ2n) is 7.91. The lowest BCUT2D eigenvalue weighted by Gasteiger charge is -2.22. The predicted molar refractivity (Wildman–Crippen MR) is 105 cm³/mol. The number of nitrogens with two attached hydrogens (primary N) is 1. The topological polar surface area (TPSA) is 70.9 Å². The second kappa shape index (κ2) is 5.59. The first kappa shape index (κ1) is 16.4. The van der Waals surface area contributed by atoms with E-state index in [-0.39, 0.29) is 12.2 Å². The van der Waals surface area contributed by atoms with Crippen LogP contribution in [-0.2, 0) is 11.2 Å². The van der Waals surface area contributed by atoms with Crippen LogP contribution in [0.4, 0.5) is 10.1 Å². The fourth-order valence-electron chi connectivity index (χ4n) is 4.68. The molecule has 1 aromatic heterocycles. The Kier molecular flexibility index (Phi) is 3.39. The van der Waals surface area contributed by atoms with Crippen molar-refractivity contribution in [1.82, 2.24) is 4.98 Å². The van der Waals surface area contributed by atoms with E-state index >= 15 is 4.39 Å². The Labute approximate surface area is 157 Å². The molecule has 0 unspecified atom stereocenters. The zero-order valence-corrected chi connectivity index (χ0v) is 15.4. The van der Waals surface area contributed by atoms with Crippen LogP contribution in [0.25, 0.3) is 22.0 Å². The van der Waals surface area contributed by atoms with Crippen LogP contribution in [0.5, 0.6) is 0 Å². The Morgan fingerprint density at radius 1 is 1.33 bits per heavy atom. The summed E-state index contributed by atoms with van der Waals surface area (Å²) < 4.78 is 15.4. The number of hydrogen-bond acceptors (Lipinski definition) is 2. The second-order valence-corrected chi connectivity index (χ2v) is 7.91. The fraction of sp³-hybridized carbons (Fsp3) is 0.318. The van der Waals surface area contributed by atoms with Gasteiger partial charge in [0, 0.05) is 28.9 Å². The minimum atomic E-state index is -0.463. The largest absolute Gasteiger partial charge is 0.384 e. The quantitative estimate of drug-likeness (QED) is 0.654. The molecule has 5 heteroatoms. The van der Waals surface area contributed by atoms with Gasteiger partial charge in [0.1, 0.15) is 5.82 Å². The standard InChI is InChI=1S/C22H22FN3O/c1-10-11(2)26-22-12(8-18(24)27)7-16(23)21(19(10)22)14-4-3-5-17-20(14)15-6-13(15)9-25-17/h3-5,7,13,15,25-26H,6,8-9H2,1-2H3,(H2,24,27)/t13-,15-/m0/s1. The molecule has 27 heavy (non-hydrogen) atoms. The number of H-pyrrole nitrogens is 1. The number of aromatic nitrogens is 1. The third-order valence-electron chi connectivity index (χ3n) is 6.20. The Bertz CT molecular complexity index is 1110. The molecule has 3 aromatic rings. The van der Waals surface area contributed by atoms with Crippen molar-refractivity contribution in [3.05, 3.63) is 52.5 Å². The van der Waals surface area contributed by atoms with Crippen LogP contribution in [-0.4, -0.2) is 17.4 Å². The molecule has 4 N–H and O–H groups in total. The van der Waals surface area contributed by atoms with Gasteiger partial charge in [-0.2, -0.15) is 0 Å². The van der Waals surface area contributed by atoms with Gasteiger partial charge in [-0.1, -0.05) is 12.1 Å². The lowest BCUT2D eigenvalue weighted by Crippen LogP contribution is -2.14. The van der Waals surface area contributed by atoms with Crippen LogP contribution in [0, 0.1) is 25.6 Å². The van der Waals surface area contributed by atoms with E-state index in [0.717, 1.165) is 46.4 Å². The molecule has 1 fully saturated rings. The summed E-state index contributed by atoms with van der Waals surface area (Å²) >= 11 is 0. The van der Waals surface area contributed by atoms with E-state index in [1.54, 1.807) is 0 Å². The number of halogens is 1. The van der Waals surface area contributed by atoms with E-state index in [4.69, 9.17) is 5.73 Å².